The quantitative estimate of drug-likeness (QED) is 0.172. The summed E-state index contributed by atoms with van der Waals surface area (Å²) in [5.41, 5.74) is 1.83. The van der Waals surface area contributed by atoms with Crippen molar-refractivity contribution < 1.29 is 0 Å². The maximum atomic E-state index is 2.30. The fourth-order valence-corrected chi connectivity index (χ4v) is 2.99. The molecule has 0 heteroatoms. The third-order valence-corrected chi connectivity index (χ3v) is 11.7. The van der Waals surface area contributed by atoms with Crippen LogP contribution in [0.1, 0.15) is 317 Å². The third kappa shape index (κ3) is 117. The van der Waals surface area contributed by atoms with Crippen molar-refractivity contribution in [2.75, 3.05) is 0 Å². The molecule has 0 aromatic carbocycles. The molecule has 0 nitrogen and oxygen atoms in total. The molecule has 58 heavy (non-hydrogen) atoms. The molecule has 364 valence electrons. The zero-order valence-electron chi connectivity index (χ0n) is 48.1. The van der Waals surface area contributed by atoms with Gasteiger partial charge < -0.3 is 0 Å². The average Bonchev–Trinajstić information content (AvgIpc) is 4.03. The first-order valence-electron chi connectivity index (χ1n) is 26.3. The highest BCUT2D eigenvalue weighted by Gasteiger charge is 2.30. The van der Waals surface area contributed by atoms with Crippen LogP contribution in [0, 0.1) is 63.6 Å². The molecule has 0 heterocycles. The SMILES string of the molecule is CC(C)C(C)C.CC1(C)CC1.CC1CC1C.CCC(C)(C)C.CCC(C)(C)C.CCC(C)CC.CCC(C)CC.CCCC(C)C.CCCC(C)C.CCCCCC. The van der Waals surface area contributed by atoms with E-state index in [1.165, 1.54) is 109 Å². The first kappa shape index (κ1) is 75.4. The molecule has 0 bridgehead atoms. The van der Waals surface area contributed by atoms with Gasteiger partial charge in [-0.15, -0.1) is 0 Å². The van der Waals surface area contributed by atoms with E-state index in [1.54, 1.807) is 0 Å². The van der Waals surface area contributed by atoms with E-state index in [2.05, 4.69) is 208 Å². The van der Waals surface area contributed by atoms with E-state index in [4.69, 9.17) is 0 Å². The first-order chi connectivity index (χ1) is 26.3. The van der Waals surface area contributed by atoms with E-state index < -0.39 is 0 Å². The van der Waals surface area contributed by atoms with Gasteiger partial charge in [0.2, 0.25) is 0 Å². The van der Waals surface area contributed by atoms with E-state index in [0.29, 0.717) is 10.8 Å². The average molecular weight is 830 g/mol. The Bertz CT molecular complexity index is 599. The zero-order valence-corrected chi connectivity index (χ0v) is 48.1. The van der Waals surface area contributed by atoms with Crippen molar-refractivity contribution in [3.63, 3.8) is 0 Å². The molecule has 0 radical (unpaired) electrons. The van der Waals surface area contributed by atoms with Gasteiger partial charge in [-0.3, -0.25) is 0 Å². The summed E-state index contributed by atoms with van der Waals surface area (Å²) in [6.07, 6.45) is 23.2. The zero-order chi connectivity index (χ0) is 48.1. The summed E-state index contributed by atoms with van der Waals surface area (Å²) < 4.78 is 0. The van der Waals surface area contributed by atoms with Crippen molar-refractivity contribution in [3.8, 4) is 0 Å². The Balaban J connectivity index is -0.0000000798. The predicted molar refractivity (Wildman–Crippen MR) is 284 cm³/mol. The summed E-state index contributed by atoms with van der Waals surface area (Å²) in [5.74, 6) is 7.47. The monoisotopic (exact) mass is 829 g/mol. The Morgan fingerprint density at radius 1 is 0.431 bits per heavy atom. The second-order valence-electron chi connectivity index (χ2n) is 23.1. The highest BCUT2D eigenvalue weighted by Crippen LogP contribution is 2.43. The fourth-order valence-electron chi connectivity index (χ4n) is 2.99. The molecule has 0 amide bonds. The Morgan fingerprint density at radius 2 is 0.621 bits per heavy atom. The van der Waals surface area contributed by atoms with Gasteiger partial charge in [0.05, 0.1) is 0 Å². The third-order valence-electron chi connectivity index (χ3n) is 11.7. The first-order valence-corrected chi connectivity index (χ1v) is 26.3. The lowest BCUT2D eigenvalue weighted by molar-refractivity contribution is 0.397. The number of hydrogen-bond acceptors (Lipinski definition) is 0. The molecule has 2 aliphatic rings. The molecule has 0 spiro atoms. The Labute approximate surface area is 379 Å². The summed E-state index contributed by atoms with van der Waals surface area (Å²) in [7, 11) is 0. The van der Waals surface area contributed by atoms with Crippen LogP contribution in [-0.2, 0) is 0 Å². The number of unbranched alkanes of at least 4 members (excludes halogenated alkanes) is 3. The normalized spacial score (nSPS) is 15.5. The molecule has 0 N–H and O–H groups in total. The van der Waals surface area contributed by atoms with Gasteiger partial charge >= 0.3 is 0 Å². The van der Waals surface area contributed by atoms with Gasteiger partial charge in [-0.1, -0.05) is 298 Å². The van der Waals surface area contributed by atoms with Gasteiger partial charge in [-0.25, -0.2) is 0 Å². The second-order valence-corrected chi connectivity index (χ2v) is 23.1. The Hall–Kier alpha value is 0. The molecule has 0 aromatic heterocycles. The number of rotatable bonds is 12. The minimum absolute atomic E-state index is 0.542. The van der Waals surface area contributed by atoms with Crippen molar-refractivity contribution in [1.82, 2.24) is 0 Å². The van der Waals surface area contributed by atoms with Crippen LogP contribution in [0.4, 0.5) is 0 Å². The van der Waals surface area contributed by atoms with Crippen LogP contribution >= 0.6 is 0 Å². The Kier molecular flexibility index (Phi) is 66.7. The summed E-state index contributed by atoms with van der Waals surface area (Å²) in [6, 6.07) is 0. The molecule has 0 saturated heterocycles. The van der Waals surface area contributed by atoms with Gasteiger partial charge in [-0.05, 0) is 82.9 Å². The summed E-state index contributed by atoms with van der Waals surface area (Å²) in [5, 5.41) is 0. The largest absolute Gasteiger partial charge is 0.0654 e. The van der Waals surface area contributed by atoms with Gasteiger partial charge in [0.1, 0.15) is 0 Å². The molecule has 2 fully saturated rings. The minimum Gasteiger partial charge on any atom is -0.0654 e. The van der Waals surface area contributed by atoms with Gasteiger partial charge in [0.25, 0.3) is 0 Å². The van der Waals surface area contributed by atoms with Crippen LogP contribution in [0.2, 0.25) is 0 Å². The molecular formula is C58H132. The maximum Gasteiger partial charge on any atom is -0.0354 e. The van der Waals surface area contributed by atoms with Crippen LogP contribution in [0.25, 0.3) is 0 Å². The highest BCUT2D eigenvalue weighted by atomic mass is 14.4. The smallest absolute Gasteiger partial charge is 0.0354 e. The van der Waals surface area contributed by atoms with Crippen LogP contribution in [0.3, 0.4) is 0 Å². The predicted octanol–water partition coefficient (Wildman–Crippen LogP) is 23.0. The van der Waals surface area contributed by atoms with Crippen molar-refractivity contribution in [2.45, 2.75) is 317 Å². The second kappa shape index (κ2) is 51.4. The summed E-state index contributed by atoms with van der Waals surface area (Å²) >= 11 is 0. The molecule has 2 aliphatic carbocycles. The van der Waals surface area contributed by atoms with E-state index >= 15 is 0 Å². The fraction of sp³-hybridized carbons (Fsp3) is 1.00. The van der Waals surface area contributed by atoms with E-state index in [0.717, 1.165) is 52.8 Å². The van der Waals surface area contributed by atoms with Crippen LogP contribution in [0.15, 0.2) is 0 Å². The van der Waals surface area contributed by atoms with Crippen LogP contribution in [0.5, 0.6) is 0 Å². The van der Waals surface area contributed by atoms with Gasteiger partial charge in [0, 0.05) is 0 Å². The Morgan fingerprint density at radius 3 is 0.638 bits per heavy atom. The highest BCUT2D eigenvalue weighted by molar-refractivity contribution is 4.82. The summed E-state index contributed by atoms with van der Waals surface area (Å²) in [4.78, 5) is 0. The molecule has 2 saturated carbocycles. The molecule has 0 aromatic rings. The van der Waals surface area contributed by atoms with Crippen LogP contribution in [-0.4, -0.2) is 0 Å². The van der Waals surface area contributed by atoms with Crippen molar-refractivity contribution in [3.05, 3.63) is 0 Å². The standard InChI is InChI=1S/8C6H14.2C5H10/c2*1-5-6(2,3)4;1-5(2)6(3)4;2*1-4-5-6(2)3;2*1-4-6(3)5-2;1-3-5-6-4-2;1-5(2)3-4-5;1-4-3-5(4)2/h2*5H2,1-4H3;5-6H,1-4H3;4*6H,4-5H2,1-3H3;3-6H2,1-2H3;3-4H2,1-2H3;4-5H,3H2,1-2H3. The van der Waals surface area contributed by atoms with Crippen molar-refractivity contribution >= 4 is 0 Å². The lowest BCUT2D eigenvalue weighted by Crippen LogP contribution is -2.00. The molecule has 0 aliphatic heterocycles. The van der Waals surface area contributed by atoms with Gasteiger partial charge in [-0.2, -0.15) is 0 Å². The lowest BCUT2D eigenvalue weighted by atomic mass is 9.94. The molecule has 2 rings (SSSR count). The maximum absolute atomic E-state index is 2.30. The topological polar surface area (TPSA) is 0 Å². The molecule has 2 atom stereocenters. The van der Waals surface area contributed by atoms with Crippen LogP contribution < -0.4 is 0 Å². The molecular weight excluding hydrogens is 697 g/mol. The van der Waals surface area contributed by atoms with E-state index in [-0.39, 0.29) is 0 Å². The van der Waals surface area contributed by atoms with Gasteiger partial charge in [0.15, 0.2) is 0 Å². The van der Waals surface area contributed by atoms with E-state index in [1.807, 2.05) is 0 Å². The number of hydrogen-bond donors (Lipinski definition) is 0. The van der Waals surface area contributed by atoms with Crippen molar-refractivity contribution in [1.29, 1.82) is 0 Å². The van der Waals surface area contributed by atoms with Crippen molar-refractivity contribution in [2.24, 2.45) is 63.6 Å². The minimum atomic E-state index is 0.542. The summed E-state index contributed by atoms with van der Waals surface area (Å²) in [6.45, 7) is 67.4. The van der Waals surface area contributed by atoms with E-state index in [9.17, 15) is 0 Å². The molecule has 2 unspecified atom stereocenters. The lowest BCUT2D eigenvalue weighted by Gasteiger charge is -2.12.